The van der Waals surface area contributed by atoms with E-state index in [4.69, 9.17) is 9.73 Å². The van der Waals surface area contributed by atoms with Crippen LogP contribution in [0.5, 0.6) is 0 Å². The van der Waals surface area contributed by atoms with Crippen molar-refractivity contribution in [2.45, 2.75) is 38.5 Å². The molecular formula is C21H29FN4OS. The zero-order chi connectivity index (χ0) is 19.8. The second kappa shape index (κ2) is 9.98. The van der Waals surface area contributed by atoms with Crippen molar-refractivity contribution in [2.24, 2.45) is 4.99 Å². The third kappa shape index (κ3) is 5.52. The Balaban J connectivity index is 1.69. The van der Waals surface area contributed by atoms with Crippen LogP contribution >= 0.6 is 11.3 Å². The Morgan fingerprint density at radius 1 is 1.32 bits per heavy atom. The maximum atomic E-state index is 13.8. The summed E-state index contributed by atoms with van der Waals surface area (Å²) in [7, 11) is 0. The first-order valence-corrected chi connectivity index (χ1v) is 10.8. The summed E-state index contributed by atoms with van der Waals surface area (Å²) in [5, 5.41) is 9.89. The summed E-state index contributed by atoms with van der Waals surface area (Å²) in [6.45, 7) is 7.59. The van der Waals surface area contributed by atoms with E-state index >= 15 is 0 Å². The number of guanidine groups is 1. The Hall–Kier alpha value is -1.99. The van der Waals surface area contributed by atoms with Gasteiger partial charge < -0.3 is 15.4 Å². The topological polar surface area (TPSA) is 58.5 Å². The SMILES string of the molecule is CCNC(=NCC1(c2cccc(F)c2)CCOCC1)NCCc1csc(C)n1. The summed E-state index contributed by atoms with van der Waals surface area (Å²) in [5.41, 5.74) is 1.93. The molecule has 1 aromatic carbocycles. The highest BCUT2D eigenvalue weighted by Crippen LogP contribution is 2.35. The van der Waals surface area contributed by atoms with Gasteiger partial charge in [0.25, 0.3) is 0 Å². The van der Waals surface area contributed by atoms with Crippen molar-refractivity contribution in [2.75, 3.05) is 32.8 Å². The number of rotatable bonds is 7. The highest BCUT2D eigenvalue weighted by Gasteiger charge is 2.34. The highest BCUT2D eigenvalue weighted by molar-refractivity contribution is 7.09. The molecule has 2 N–H and O–H groups in total. The maximum absolute atomic E-state index is 13.8. The number of aryl methyl sites for hydroxylation is 1. The van der Waals surface area contributed by atoms with Crippen molar-refractivity contribution in [3.63, 3.8) is 0 Å². The molecule has 1 aliphatic heterocycles. The molecule has 1 saturated heterocycles. The number of nitrogens with one attached hydrogen (secondary N) is 2. The van der Waals surface area contributed by atoms with Crippen molar-refractivity contribution in [1.82, 2.24) is 15.6 Å². The van der Waals surface area contributed by atoms with Gasteiger partial charge in [-0.25, -0.2) is 9.37 Å². The summed E-state index contributed by atoms with van der Waals surface area (Å²) in [6, 6.07) is 6.93. The van der Waals surface area contributed by atoms with Crippen molar-refractivity contribution >= 4 is 17.3 Å². The first kappa shape index (κ1) is 20.7. The van der Waals surface area contributed by atoms with E-state index in [-0.39, 0.29) is 11.2 Å². The number of hydrogen-bond donors (Lipinski definition) is 2. The van der Waals surface area contributed by atoms with E-state index in [0.29, 0.717) is 19.8 Å². The fourth-order valence-corrected chi connectivity index (χ4v) is 4.17. The van der Waals surface area contributed by atoms with E-state index in [0.717, 1.165) is 54.6 Å². The van der Waals surface area contributed by atoms with Crippen LogP contribution in [0.15, 0.2) is 34.6 Å². The third-order valence-electron chi connectivity index (χ3n) is 5.11. The first-order valence-electron chi connectivity index (χ1n) is 9.88. The van der Waals surface area contributed by atoms with Crippen LogP contribution in [0, 0.1) is 12.7 Å². The monoisotopic (exact) mass is 404 g/mol. The quantitative estimate of drug-likeness (QED) is 0.548. The molecule has 0 unspecified atom stereocenters. The van der Waals surface area contributed by atoms with Crippen LogP contribution in [0.1, 0.15) is 36.0 Å². The van der Waals surface area contributed by atoms with E-state index in [1.165, 1.54) is 6.07 Å². The van der Waals surface area contributed by atoms with Crippen LogP contribution in [0.25, 0.3) is 0 Å². The van der Waals surface area contributed by atoms with Gasteiger partial charge in [-0.15, -0.1) is 11.3 Å². The molecule has 0 saturated carbocycles. The molecule has 0 aliphatic carbocycles. The van der Waals surface area contributed by atoms with Crippen molar-refractivity contribution in [1.29, 1.82) is 0 Å². The van der Waals surface area contributed by atoms with Crippen LogP contribution in [-0.2, 0) is 16.6 Å². The number of nitrogens with zero attached hydrogens (tertiary/aromatic N) is 2. The molecule has 0 atom stereocenters. The van der Waals surface area contributed by atoms with Gasteiger partial charge in [0.2, 0.25) is 0 Å². The fourth-order valence-electron chi connectivity index (χ4n) is 3.52. The van der Waals surface area contributed by atoms with Gasteiger partial charge >= 0.3 is 0 Å². The van der Waals surface area contributed by atoms with E-state index in [2.05, 4.69) is 27.9 Å². The molecule has 7 heteroatoms. The second-order valence-electron chi connectivity index (χ2n) is 7.13. The summed E-state index contributed by atoms with van der Waals surface area (Å²) in [4.78, 5) is 9.35. The molecule has 0 bridgehead atoms. The van der Waals surface area contributed by atoms with Gasteiger partial charge in [0.15, 0.2) is 5.96 Å². The lowest BCUT2D eigenvalue weighted by molar-refractivity contribution is 0.0530. The molecule has 0 amide bonds. The highest BCUT2D eigenvalue weighted by atomic mass is 32.1. The van der Waals surface area contributed by atoms with Crippen molar-refractivity contribution in [3.05, 3.63) is 51.7 Å². The van der Waals surface area contributed by atoms with Gasteiger partial charge in [0.1, 0.15) is 5.82 Å². The smallest absolute Gasteiger partial charge is 0.191 e. The summed E-state index contributed by atoms with van der Waals surface area (Å²) < 4.78 is 19.4. The van der Waals surface area contributed by atoms with Gasteiger partial charge in [-0.1, -0.05) is 12.1 Å². The number of hydrogen-bond acceptors (Lipinski definition) is 4. The summed E-state index contributed by atoms with van der Waals surface area (Å²) in [6.07, 6.45) is 2.55. The molecule has 0 spiro atoms. The largest absolute Gasteiger partial charge is 0.381 e. The Kier molecular flexibility index (Phi) is 7.39. The number of halogens is 1. The molecule has 1 aliphatic rings. The maximum Gasteiger partial charge on any atom is 0.191 e. The predicted molar refractivity (Wildman–Crippen MR) is 113 cm³/mol. The van der Waals surface area contributed by atoms with Crippen LogP contribution < -0.4 is 10.6 Å². The first-order chi connectivity index (χ1) is 13.6. The molecule has 1 fully saturated rings. The molecule has 2 heterocycles. The number of thiazole rings is 1. The standard InChI is InChI=1S/C21H29FN4OS/c1-3-23-20(24-10-7-19-14-28-16(2)26-19)25-15-21(8-11-27-12-9-21)17-5-4-6-18(22)13-17/h4-6,13-14H,3,7-12,15H2,1-2H3,(H2,23,24,25). The van der Waals surface area contributed by atoms with Gasteiger partial charge in [-0.05, 0) is 44.4 Å². The predicted octanol–water partition coefficient (Wildman–Crippen LogP) is 3.44. The summed E-state index contributed by atoms with van der Waals surface area (Å²) >= 11 is 1.67. The Bertz CT molecular complexity index is 786. The van der Waals surface area contributed by atoms with Crippen molar-refractivity contribution < 1.29 is 9.13 Å². The van der Waals surface area contributed by atoms with E-state index in [9.17, 15) is 4.39 Å². The fraction of sp³-hybridized carbons (Fsp3) is 0.524. The lowest BCUT2D eigenvalue weighted by Crippen LogP contribution is -2.41. The molecule has 0 radical (unpaired) electrons. The lowest BCUT2D eigenvalue weighted by atomic mass is 9.74. The lowest BCUT2D eigenvalue weighted by Gasteiger charge is -2.36. The molecule has 2 aromatic rings. The van der Waals surface area contributed by atoms with E-state index in [1.807, 2.05) is 13.0 Å². The van der Waals surface area contributed by atoms with Gasteiger partial charge in [0.05, 0.1) is 17.2 Å². The molecule has 5 nitrogen and oxygen atoms in total. The van der Waals surface area contributed by atoms with Gasteiger partial charge in [-0.3, -0.25) is 4.99 Å². The van der Waals surface area contributed by atoms with Crippen LogP contribution in [0.4, 0.5) is 4.39 Å². The second-order valence-corrected chi connectivity index (χ2v) is 8.20. The minimum absolute atomic E-state index is 0.186. The van der Waals surface area contributed by atoms with E-state index in [1.54, 1.807) is 23.5 Å². The summed E-state index contributed by atoms with van der Waals surface area (Å²) in [5.74, 6) is 0.590. The number of aliphatic imine (C=N–C) groups is 1. The Morgan fingerprint density at radius 3 is 2.82 bits per heavy atom. The zero-order valence-corrected chi connectivity index (χ0v) is 17.4. The van der Waals surface area contributed by atoms with Crippen LogP contribution in [0.2, 0.25) is 0 Å². The number of benzene rings is 1. The van der Waals surface area contributed by atoms with Crippen molar-refractivity contribution in [3.8, 4) is 0 Å². The number of ether oxygens (including phenoxy) is 1. The van der Waals surface area contributed by atoms with E-state index < -0.39 is 0 Å². The zero-order valence-electron chi connectivity index (χ0n) is 16.6. The average Bonchev–Trinajstić information content (AvgIpc) is 3.12. The molecular weight excluding hydrogens is 375 g/mol. The van der Waals surface area contributed by atoms with Crippen LogP contribution in [-0.4, -0.2) is 43.8 Å². The van der Waals surface area contributed by atoms with Crippen LogP contribution in [0.3, 0.4) is 0 Å². The minimum atomic E-state index is -0.198. The molecule has 28 heavy (non-hydrogen) atoms. The molecule has 3 rings (SSSR count). The number of aromatic nitrogens is 1. The minimum Gasteiger partial charge on any atom is -0.381 e. The molecule has 152 valence electrons. The average molecular weight is 405 g/mol. The normalized spacial score (nSPS) is 16.8. The third-order valence-corrected chi connectivity index (χ3v) is 5.93. The van der Waals surface area contributed by atoms with Gasteiger partial charge in [0, 0.05) is 43.5 Å². The Labute approximate surface area is 170 Å². The Morgan fingerprint density at radius 2 is 2.14 bits per heavy atom. The molecule has 1 aromatic heterocycles. The van der Waals surface area contributed by atoms with Gasteiger partial charge in [-0.2, -0.15) is 0 Å².